The van der Waals surface area contributed by atoms with Crippen LogP contribution in [-0.4, -0.2) is 10.6 Å². The zero-order chi connectivity index (χ0) is 17.5. The van der Waals surface area contributed by atoms with E-state index in [1.54, 1.807) is 18.0 Å². The van der Waals surface area contributed by atoms with Crippen LogP contribution in [-0.2, 0) is 5.75 Å². The van der Waals surface area contributed by atoms with Crippen LogP contribution in [0.25, 0.3) is 0 Å². The highest BCUT2D eigenvalue weighted by molar-refractivity contribution is 9.10. The summed E-state index contributed by atoms with van der Waals surface area (Å²) in [6.07, 6.45) is 1.71. The standard InChI is InChI=1S/C18H13BrN4S2/c19-15-8-6-13(7-9-15)11-21-22-17-16(10-20)18(23-25-17)24-12-14-4-2-1-3-5-14/h1-9,11,22H,12H2/b21-11-. The van der Waals surface area contributed by atoms with Gasteiger partial charge in [0.1, 0.15) is 21.7 Å². The Bertz CT molecular complexity index is 899. The molecule has 1 aromatic heterocycles. The van der Waals surface area contributed by atoms with Crippen LogP contribution in [0.15, 0.2) is 69.2 Å². The highest BCUT2D eigenvalue weighted by Crippen LogP contribution is 2.32. The van der Waals surface area contributed by atoms with E-state index in [1.165, 1.54) is 17.1 Å². The van der Waals surface area contributed by atoms with Crippen molar-refractivity contribution in [1.29, 1.82) is 5.26 Å². The van der Waals surface area contributed by atoms with Gasteiger partial charge in [0.15, 0.2) is 0 Å². The van der Waals surface area contributed by atoms with Crippen LogP contribution in [0.1, 0.15) is 16.7 Å². The lowest BCUT2D eigenvalue weighted by Gasteiger charge is -2.00. The van der Waals surface area contributed by atoms with Gasteiger partial charge in [-0.15, -0.1) is 0 Å². The molecule has 1 heterocycles. The van der Waals surface area contributed by atoms with E-state index < -0.39 is 0 Å². The topological polar surface area (TPSA) is 61.1 Å². The SMILES string of the molecule is N#Cc1c(SCc2ccccc2)nsc1N/N=C\c1ccc(Br)cc1. The highest BCUT2D eigenvalue weighted by atomic mass is 79.9. The molecule has 0 bridgehead atoms. The second-order valence-electron chi connectivity index (χ2n) is 5.00. The number of hydrogen-bond acceptors (Lipinski definition) is 6. The molecule has 4 nitrogen and oxygen atoms in total. The first kappa shape index (κ1) is 17.7. The Labute approximate surface area is 162 Å². The number of aromatic nitrogens is 1. The maximum Gasteiger partial charge on any atom is 0.148 e. The Morgan fingerprint density at radius 3 is 2.68 bits per heavy atom. The Balaban J connectivity index is 1.65. The van der Waals surface area contributed by atoms with Gasteiger partial charge in [-0.2, -0.15) is 14.7 Å². The first-order valence-electron chi connectivity index (χ1n) is 7.37. The van der Waals surface area contributed by atoms with Crippen molar-refractivity contribution in [3.05, 3.63) is 75.8 Å². The van der Waals surface area contributed by atoms with E-state index in [-0.39, 0.29) is 0 Å². The molecule has 0 radical (unpaired) electrons. The number of nitrogens with zero attached hydrogens (tertiary/aromatic N) is 3. The molecule has 0 aliphatic rings. The van der Waals surface area contributed by atoms with Crippen molar-refractivity contribution in [2.75, 3.05) is 5.43 Å². The van der Waals surface area contributed by atoms with Gasteiger partial charge in [-0.3, -0.25) is 5.43 Å². The zero-order valence-corrected chi connectivity index (χ0v) is 16.2. The Morgan fingerprint density at radius 2 is 1.96 bits per heavy atom. The van der Waals surface area contributed by atoms with Crippen molar-refractivity contribution < 1.29 is 0 Å². The molecule has 0 atom stereocenters. The molecule has 7 heteroatoms. The van der Waals surface area contributed by atoms with Gasteiger partial charge in [0.05, 0.1) is 6.21 Å². The fourth-order valence-corrected chi connectivity index (χ4v) is 4.02. The third kappa shape index (κ3) is 4.92. The summed E-state index contributed by atoms with van der Waals surface area (Å²) in [4.78, 5) is 0. The van der Waals surface area contributed by atoms with E-state index in [9.17, 15) is 5.26 Å². The minimum Gasteiger partial charge on any atom is -0.266 e. The molecular formula is C18H13BrN4S2. The second-order valence-corrected chi connectivity index (χ2v) is 7.65. The number of nitriles is 1. The number of halogens is 1. The largest absolute Gasteiger partial charge is 0.266 e. The number of rotatable bonds is 6. The molecule has 3 rings (SSSR count). The van der Waals surface area contributed by atoms with Gasteiger partial charge in [0.25, 0.3) is 0 Å². The van der Waals surface area contributed by atoms with Crippen LogP contribution in [0.2, 0.25) is 0 Å². The first-order valence-corrected chi connectivity index (χ1v) is 9.92. The van der Waals surface area contributed by atoms with Crippen molar-refractivity contribution in [3.63, 3.8) is 0 Å². The summed E-state index contributed by atoms with van der Waals surface area (Å²) >= 11 is 6.20. The van der Waals surface area contributed by atoms with Gasteiger partial charge in [-0.1, -0.05) is 70.2 Å². The van der Waals surface area contributed by atoms with Gasteiger partial charge in [0.2, 0.25) is 0 Å². The molecule has 124 valence electrons. The maximum atomic E-state index is 9.44. The summed E-state index contributed by atoms with van der Waals surface area (Å²) < 4.78 is 5.40. The zero-order valence-electron chi connectivity index (χ0n) is 13.0. The van der Waals surface area contributed by atoms with E-state index in [1.807, 2.05) is 42.5 Å². The molecule has 0 saturated carbocycles. The molecule has 0 unspecified atom stereocenters. The third-order valence-corrected chi connectivity index (χ3v) is 5.68. The summed E-state index contributed by atoms with van der Waals surface area (Å²) in [7, 11) is 0. The van der Waals surface area contributed by atoms with E-state index in [2.05, 4.69) is 49.0 Å². The molecule has 0 fully saturated rings. The van der Waals surface area contributed by atoms with Gasteiger partial charge in [-0.05, 0) is 34.8 Å². The fraction of sp³-hybridized carbons (Fsp3) is 0.0556. The number of anilines is 1. The Hall–Kier alpha value is -2.14. The van der Waals surface area contributed by atoms with Gasteiger partial charge >= 0.3 is 0 Å². The molecule has 0 saturated heterocycles. The van der Waals surface area contributed by atoms with E-state index in [4.69, 9.17) is 0 Å². The molecule has 3 aromatic rings. The predicted molar refractivity (Wildman–Crippen MR) is 108 cm³/mol. The van der Waals surface area contributed by atoms with Crippen LogP contribution in [0.4, 0.5) is 5.00 Å². The maximum absolute atomic E-state index is 9.44. The van der Waals surface area contributed by atoms with Crippen LogP contribution in [0.5, 0.6) is 0 Å². The molecular weight excluding hydrogens is 416 g/mol. The monoisotopic (exact) mass is 428 g/mol. The van der Waals surface area contributed by atoms with Gasteiger partial charge in [0, 0.05) is 10.2 Å². The van der Waals surface area contributed by atoms with Crippen LogP contribution in [0.3, 0.4) is 0 Å². The number of hydrazone groups is 1. The summed E-state index contributed by atoms with van der Waals surface area (Å²) in [6.45, 7) is 0. The van der Waals surface area contributed by atoms with Crippen molar-refractivity contribution in [3.8, 4) is 6.07 Å². The molecule has 0 aliphatic heterocycles. The Morgan fingerprint density at radius 1 is 1.20 bits per heavy atom. The van der Waals surface area contributed by atoms with Crippen LogP contribution >= 0.6 is 39.2 Å². The highest BCUT2D eigenvalue weighted by Gasteiger charge is 2.13. The minimum absolute atomic E-state index is 0.541. The van der Waals surface area contributed by atoms with E-state index >= 15 is 0 Å². The summed E-state index contributed by atoms with van der Waals surface area (Å²) in [6, 6.07) is 20.2. The summed E-state index contributed by atoms with van der Waals surface area (Å²) in [5, 5.41) is 15.0. The lowest BCUT2D eigenvalue weighted by Crippen LogP contribution is -1.91. The number of hydrogen-bond donors (Lipinski definition) is 1. The third-order valence-electron chi connectivity index (χ3n) is 3.24. The molecule has 0 amide bonds. The van der Waals surface area contributed by atoms with E-state index in [0.717, 1.165) is 20.8 Å². The summed E-state index contributed by atoms with van der Waals surface area (Å²) in [5.74, 6) is 0.779. The smallest absolute Gasteiger partial charge is 0.148 e. The van der Waals surface area contributed by atoms with Crippen molar-refractivity contribution >= 4 is 50.4 Å². The molecule has 2 aromatic carbocycles. The molecule has 0 spiro atoms. The number of nitrogens with one attached hydrogen (secondary N) is 1. The van der Waals surface area contributed by atoms with Crippen LogP contribution < -0.4 is 5.43 Å². The van der Waals surface area contributed by atoms with Gasteiger partial charge < -0.3 is 0 Å². The lowest BCUT2D eigenvalue weighted by molar-refractivity contribution is 1.23. The average Bonchev–Trinajstić information content (AvgIpc) is 3.04. The van der Waals surface area contributed by atoms with Gasteiger partial charge in [-0.25, -0.2) is 0 Å². The second kappa shape index (κ2) is 8.81. The summed E-state index contributed by atoms with van der Waals surface area (Å²) in [5.41, 5.74) is 5.64. The molecule has 0 aliphatic carbocycles. The van der Waals surface area contributed by atoms with Crippen molar-refractivity contribution in [1.82, 2.24) is 4.37 Å². The number of benzene rings is 2. The Kier molecular flexibility index (Phi) is 6.23. The quantitative estimate of drug-likeness (QED) is 0.319. The normalized spacial score (nSPS) is 10.7. The minimum atomic E-state index is 0.541. The predicted octanol–water partition coefficient (Wildman–Crippen LogP) is 5.52. The average molecular weight is 429 g/mol. The number of thioether (sulfide) groups is 1. The van der Waals surface area contributed by atoms with Crippen molar-refractivity contribution in [2.24, 2.45) is 5.10 Å². The molecule has 25 heavy (non-hydrogen) atoms. The molecule has 1 N–H and O–H groups in total. The van der Waals surface area contributed by atoms with Crippen LogP contribution in [0, 0.1) is 11.3 Å². The fourth-order valence-electron chi connectivity index (χ4n) is 1.99. The van der Waals surface area contributed by atoms with E-state index in [0.29, 0.717) is 10.6 Å². The van der Waals surface area contributed by atoms with Crippen molar-refractivity contribution in [2.45, 2.75) is 10.8 Å². The first-order chi connectivity index (χ1) is 12.3. The lowest BCUT2D eigenvalue weighted by atomic mass is 10.2.